The van der Waals surface area contributed by atoms with Crippen molar-refractivity contribution in [2.24, 2.45) is 0 Å². The van der Waals surface area contributed by atoms with Gasteiger partial charge in [-0.25, -0.2) is 10.2 Å². The van der Waals surface area contributed by atoms with Crippen molar-refractivity contribution in [2.45, 2.75) is 6.04 Å². The highest BCUT2D eigenvalue weighted by molar-refractivity contribution is 5.67. The lowest BCUT2D eigenvalue weighted by atomic mass is 10.1. The Morgan fingerprint density at radius 2 is 2.07 bits per heavy atom. The van der Waals surface area contributed by atoms with E-state index in [9.17, 15) is 9.59 Å². The number of amides is 1. The molecule has 0 saturated heterocycles. The van der Waals surface area contributed by atoms with Crippen molar-refractivity contribution >= 4 is 12.4 Å². The number of carbonyl (C=O) groups excluding carboxylic acids is 2. The summed E-state index contributed by atoms with van der Waals surface area (Å²) >= 11 is 0. The summed E-state index contributed by atoms with van der Waals surface area (Å²) in [6, 6.07) is 8.46. The van der Waals surface area contributed by atoms with E-state index in [2.05, 4.69) is 15.6 Å². The average molecular weight is 208 g/mol. The van der Waals surface area contributed by atoms with Gasteiger partial charge >= 0.3 is 6.09 Å². The number of nitrogens with one attached hydrogen (secondary N) is 2. The Kier molecular flexibility index (Phi) is 4.30. The molecule has 0 spiro atoms. The summed E-state index contributed by atoms with van der Waals surface area (Å²) in [6.45, 7) is 0. The molecule has 0 aliphatic rings. The molecule has 1 rings (SSSR count). The van der Waals surface area contributed by atoms with Crippen LogP contribution in [0.4, 0.5) is 4.79 Å². The number of methoxy groups -OCH3 is 1. The van der Waals surface area contributed by atoms with E-state index in [-0.39, 0.29) is 0 Å². The average Bonchev–Trinajstić information content (AvgIpc) is 2.31. The predicted octanol–water partition coefficient (Wildman–Crippen LogP) is 0.787. The van der Waals surface area contributed by atoms with E-state index in [0.717, 1.165) is 5.56 Å². The van der Waals surface area contributed by atoms with Gasteiger partial charge in [-0.3, -0.25) is 5.43 Å². The summed E-state index contributed by atoms with van der Waals surface area (Å²) in [5.41, 5.74) is 5.55. The third-order valence-electron chi connectivity index (χ3n) is 1.81. The van der Waals surface area contributed by atoms with E-state index in [1.54, 1.807) is 12.1 Å². The second-order valence-electron chi connectivity index (χ2n) is 2.79. The number of aldehydes is 1. The van der Waals surface area contributed by atoms with Crippen LogP contribution in [0.25, 0.3) is 0 Å². The first kappa shape index (κ1) is 11.2. The molecule has 0 radical (unpaired) electrons. The number of benzene rings is 1. The summed E-state index contributed by atoms with van der Waals surface area (Å²) in [7, 11) is 1.25. The Hall–Kier alpha value is -1.88. The van der Waals surface area contributed by atoms with Crippen LogP contribution in [-0.4, -0.2) is 19.5 Å². The maximum atomic E-state index is 10.8. The molecule has 5 heteroatoms. The van der Waals surface area contributed by atoms with Gasteiger partial charge in [0.15, 0.2) is 0 Å². The van der Waals surface area contributed by atoms with Crippen LogP contribution in [0, 0.1) is 0 Å². The molecule has 1 aromatic carbocycles. The van der Waals surface area contributed by atoms with Gasteiger partial charge in [0, 0.05) is 0 Å². The molecule has 1 aromatic rings. The molecular formula is C10H12N2O3. The van der Waals surface area contributed by atoms with Gasteiger partial charge in [-0.05, 0) is 5.56 Å². The largest absolute Gasteiger partial charge is 0.452 e. The van der Waals surface area contributed by atoms with E-state index in [0.29, 0.717) is 6.29 Å². The lowest BCUT2D eigenvalue weighted by Crippen LogP contribution is -2.40. The quantitative estimate of drug-likeness (QED) is 0.567. The molecule has 15 heavy (non-hydrogen) atoms. The highest BCUT2D eigenvalue weighted by Gasteiger charge is 2.09. The molecule has 0 bridgehead atoms. The number of rotatable bonds is 4. The highest BCUT2D eigenvalue weighted by Crippen LogP contribution is 2.08. The van der Waals surface area contributed by atoms with Gasteiger partial charge in [0.25, 0.3) is 0 Å². The van der Waals surface area contributed by atoms with Gasteiger partial charge in [-0.1, -0.05) is 30.3 Å². The molecule has 0 heterocycles. The molecule has 1 unspecified atom stereocenters. The molecule has 0 aromatic heterocycles. The molecule has 1 atom stereocenters. The fraction of sp³-hybridized carbons (Fsp3) is 0.200. The van der Waals surface area contributed by atoms with Crippen molar-refractivity contribution in [3.63, 3.8) is 0 Å². The summed E-state index contributed by atoms with van der Waals surface area (Å²) in [6.07, 6.45) is 0.0587. The van der Waals surface area contributed by atoms with E-state index >= 15 is 0 Å². The molecule has 1 amide bonds. The summed E-state index contributed by atoms with van der Waals surface area (Å²) in [5, 5.41) is 0. The first-order valence-corrected chi connectivity index (χ1v) is 4.37. The Morgan fingerprint density at radius 3 is 2.60 bits per heavy atom. The number of hydrazine groups is 1. The third-order valence-corrected chi connectivity index (χ3v) is 1.81. The van der Waals surface area contributed by atoms with Crippen molar-refractivity contribution < 1.29 is 14.3 Å². The molecule has 0 aliphatic carbocycles. The van der Waals surface area contributed by atoms with Crippen LogP contribution in [0.1, 0.15) is 11.6 Å². The Balaban J connectivity index is 2.57. The standard InChI is InChI=1S/C10H12N2O3/c1-15-10(14)12-11-9(7-13)8-5-3-2-4-6-8/h2-7,9,11H,1H3,(H,12,14). The minimum absolute atomic E-state index is 0.578. The van der Waals surface area contributed by atoms with Gasteiger partial charge in [0.1, 0.15) is 12.3 Å². The first-order valence-electron chi connectivity index (χ1n) is 4.37. The van der Waals surface area contributed by atoms with Gasteiger partial charge in [0.2, 0.25) is 0 Å². The Morgan fingerprint density at radius 1 is 1.40 bits per heavy atom. The topological polar surface area (TPSA) is 67.4 Å². The lowest BCUT2D eigenvalue weighted by Gasteiger charge is -2.12. The number of hydrogen-bond donors (Lipinski definition) is 2. The van der Waals surface area contributed by atoms with Gasteiger partial charge in [0.05, 0.1) is 7.11 Å². The van der Waals surface area contributed by atoms with Crippen molar-refractivity contribution in [1.29, 1.82) is 0 Å². The van der Waals surface area contributed by atoms with E-state index in [1.165, 1.54) is 7.11 Å². The van der Waals surface area contributed by atoms with Crippen LogP contribution in [0.3, 0.4) is 0 Å². The lowest BCUT2D eigenvalue weighted by molar-refractivity contribution is -0.109. The zero-order chi connectivity index (χ0) is 11.1. The molecule has 5 nitrogen and oxygen atoms in total. The predicted molar refractivity (Wildman–Crippen MR) is 53.9 cm³/mol. The van der Waals surface area contributed by atoms with Crippen LogP contribution in [-0.2, 0) is 9.53 Å². The SMILES string of the molecule is COC(=O)NNC(C=O)c1ccccc1. The summed E-state index contributed by atoms with van der Waals surface area (Å²) in [5.74, 6) is 0. The second kappa shape index (κ2) is 5.77. The van der Waals surface area contributed by atoms with Gasteiger partial charge < -0.3 is 9.53 Å². The van der Waals surface area contributed by atoms with Gasteiger partial charge in [-0.2, -0.15) is 0 Å². The van der Waals surface area contributed by atoms with Crippen LogP contribution >= 0.6 is 0 Å². The molecule has 80 valence electrons. The molecule has 2 N–H and O–H groups in total. The Labute approximate surface area is 87.4 Å². The van der Waals surface area contributed by atoms with E-state index in [1.807, 2.05) is 18.2 Å². The zero-order valence-corrected chi connectivity index (χ0v) is 8.27. The van der Waals surface area contributed by atoms with Crippen LogP contribution in [0.5, 0.6) is 0 Å². The molecular weight excluding hydrogens is 196 g/mol. The van der Waals surface area contributed by atoms with Crippen molar-refractivity contribution in [3.8, 4) is 0 Å². The second-order valence-corrected chi connectivity index (χ2v) is 2.79. The summed E-state index contributed by atoms with van der Waals surface area (Å²) < 4.78 is 4.35. The molecule has 0 saturated carbocycles. The van der Waals surface area contributed by atoms with Crippen LogP contribution in [0.15, 0.2) is 30.3 Å². The summed E-state index contributed by atoms with van der Waals surface area (Å²) in [4.78, 5) is 21.5. The van der Waals surface area contributed by atoms with E-state index in [4.69, 9.17) is 0 Å². The Bertz CT molecular complexity index is 327. The third kappa shape index (κ3) is 3.40. The molecule has 0 aliphatic heterocycles. The number of ether oxygens (including phenoxy) is 1. The van der Waals surface area contributed by atoms with Crippen molar-refractivity contribution in [2.75, 3.05) is 7.11 Å². The maximum Gasteiger partial charge on any atom is 0.421 e. The maximum absolute atomic E-state index is 10.8. The van der Waals surface area contributed by atoms with Crippen LogP contribution < -0.4 is 10.9 Å². The fourth-order valence-electron chi connectivity index (χ4n) is 1.04. The smallest absolute Gasteiger partial charge is 0.421 e. The van der Waals surface area contributed by atoms with Gasteiger partial charge in [-0.15, -0.1) is 0 Å². The van der Waals surface area contributed by atoms with Crippen LogP contribution in [0.2, 0.25) is 0 Å². The zero-order valence-electron chi connectivity index (χ0n) is 8.27. The minimum Gasteiger partial charge on any atom is -0.452 e. The monoisotopic (exact) mass is 208 g/mol. The van der Waals surface area contributed by atoms with Crippen molar-refractivity contribution in [1.82, 2.24) is 10.9 Å². The number of carbonyl (C=O) groups is 2. The normalized spacial score (nSPS) is 11.5. The van der Waals surface area contributed by atoms with E-state index < -0.39 is 12.1 Å². The minimum atomic E-state index is -0.641. The fourth-order valence-corrected chi connectivity index (χ4v) is 1.04. The number of hydrogen-bond acceptors (Lipinski definition) is 4. The highest BCUT2D eigenvalue weighted by atomic mass is 16.5. The van der Waals surface area contributed by atoms with Crippen molar-refractivity contribution in [3.05, 3.63) is 35.9 Å². The molecule has 0 fully saturated rings. The first-order chi connectivity index (χ1) is 7.27.